The van der Waals surface area contributed by atoms with E-state index >= 15 is 0 Å². The number of aromatic hydroxyl groups is 1. The second kappa shape index (κ2) is 4.94. The molecule has 0 bridgehead atoms. The molecule has 0 saturated carbocycles. The first-order valence-electron chi connectivity index (χ1n) is 6.02. The Labute approximate surface area is 124 Å². The molecule has 106 valence electrons. The molecule has 2 aromatic rings. The molecule has 2 rings (SSSR count). The molecule has 0 aliphatic rings. The molecule has 1 aromatic carbocycles. The number of phenols is 1. The van der Waals surface area contributed by atoms with Gasteiger partial charge in [-0.1, -0.05) is 36.7 Å². The summed E-state index contributed by atoms with van der Waals surface area (Å²) in [6.45, 7) is 5.97. The van der Waals surface area contributed by atoms with E-state index in [9.17, 15) is 9.90 Å². The highest BCUT2D eigenvalue weighted by atomic mass is 79.9. The summed E-state index contributed by atoms with van der Waals surface area (Å²) < 4.78 is 0.801. The number of carbonyl (C=O) groups is 1. The van der Waals surface area contributed by atoms with E-state index in [4.69, 9.17) is 5.11 Å². The third-order valence-corrected chi connectivity index (χ3v) is 3.42. The molecule has 0 saturated heterocycles. The summed E-state index contributed by atoms with van der Waals surface area (Å²) in [5.74, 6) is -0.974. The zero-order chi connectivity index (χ0) is 15.1. The van der Waals surface area contributed by atoms with E-state index < -0.39 is 5.97 Å². The molecule has 20 heavy (non-hydrogen) atoms. The van der Waals surface area contributed by atoms with E-state index in [1.165, 1.54) is 6.07 Å². The first-order chi connectivity index (χ1) is 9.20. The van der Waals surface area contributed by atoms with Crippen LogP contribution in [0.3, 0.4) is 0 Å². The molecular weight excluding hydrogens is 324 g/mol. The van der Waals surface area contributed by atoms with Crippen molar-refractivity contribution < 1.29 is 15.0 Å². The number of aromatic nitrogens is 2. The lowest BCUT2D eigenvalue weighted by atomic mass is 9.85. The van der Waals surface area contributed by atoms with Gasteiger partial charge in [0.1, 0.15) is 11.4 Å². The Morgan fingerprint density at radius 2 is 1.95 bits per heavy atom. The van der Waals surface area contributed by atoms with Crippen molar-refractivity contribution in [2.45, 2.75) is 26.2 Å². The molecule has 0 spiro atoms. The highest BCUT2D eigenvalue weighted by Gasteiger charge is 2.23. The summed E-state index contributed by atoms with van der Waals surface area (Å²) in [6.07, 6.45) is 0. The van der Waals surface area contributed by atoms with Crippen molar-refractivity contribution in [2.75, 3.05) is 0 Å². The van der Waals surface area contributed by atoms with E-state index in [1.54, 1.807) is 6.07 Å². The van der Waals surface area contributed by atoms with Gasteiger partial charge in [0, 0.05) is 15.6 Å². The van der Waals surface area contributed by atoms with E-state index in [2.05, 4.69) is 26.1 Å². The Morgan fingerprint density at radius 3 is 2.45 bits per heavy atom. The number of nitrogens with zero attached hydrogens (tertiary/aromatic N) is 1. The molecule has 5 nitrogen and oxygen atoms in total. The van der Waals surface area contributed by atoms with Gasteiger partial charge in [0.2, 0.25) is 0 Å². The smallest absolute Gasteiger partial charge is 0.353 e. The number of benzene rings is 1. The first kappa shape index (κ1) is 14.6. The highest BCUT2D eigenvalue weighted by molar-refractivity contribution is 9.10. The van der Waals surface area contributed by atoms with Crippen LogP contribution in [0, 0.1) is 0 Å². The van der Waals surface area contributed by atoms with Crippen LogP contribution < -0.4 is 0 Å². The van der Waals surface area contributed by atoms with Gasteiger partial charge < -0.3 is 10.2 Å². The van der Waals surface area contributed by atoms with Crippen LogP contribution in [0.4, 0.5) is 0 Å². The number of aromatic amines is 1. The van der Waals surface area contributed by atoms with Gasteiger partial charge in [-0.3, -0.25) is 5.10 Å². The fourth-order valence-electron chi connectivity index (χ4n) is 1.94. The van der Waals surface area contributed by atoms with Gasteiger partial charge >= 0.3 is 5.97 Å². The summed E-state index contributed by atoms with van der Waals surface area (Å²) in [5.41, 5.74) is 1.40. The number of phenolic OH excluding ortho intramolecular Hbond substituents is 1. The number of aromatic carboxylic acids is 1. The van der Waals surface area contributed by atoms with Crippen molar-refractivity contribution in [2.24, 2.45) is 0 Å². The fourth-order valence-corrected chi connectivity index (χ4v) is 2.39. The van der Waals surface area contributed by atoms with Crippen LogP contribution in [0.25, 0.3) is 11.3 Å². The van der Waals surface area contributed by atoms with Gasteiger partial charge in [-0.05, 0) is 23.6 Å². The Bertz CT molecular complexity index is 672. The van der Waals surface area contributed by atoms with E-state index in [1.807, 2.05) is 26.8 Å². The molecule has 0 unspecified atom stereocenters. The highest BCUT2D eigenvalue weighted by Crippen LogP contribution is 2.40. The maximum atomic E-state index is 10.9. The van der Waals surface area contributed by atoms with Crippen molar-refractivity contribution >= 4 is 21.9 Å². The zero-order valence-corrected chi connectivity index (χ0v) is 12.9. The number of carboxylic acid groups (broad SMARTS) is 1. The Morgan fingerprint density at radius 1 is 1.30 bits per heavy atom. The SMILES string of the molecule is CC(C)(C)c1cc(Br)cc(-c2cc(C(=O)O)[nH]n2)c1O. The molecule has 6 heteroatoms. The monoisotopic (exact) mass is 338 g/mol. The van der Waals surface area contributed by atoms with Crippen LogP contribution in [0.15, 0.2) is 22.7 Å². The van der Waals surface area contributed by atoms with Crippen LogP contribution in [0.1, 0.15) is 36.8 Å². The number of hydrogen-bond donors (Lipinski definition) is 3. The van der Waals surface area contributed by atoms with Crippen molar-refractivity contribution in [1.82, 2.24) is 10.2 Å². The van der Waals surface area contributed by atoms with Gasteiger partial charge in [0.15, 0.2) is 0 Å². The van der Waals surface area contributed by atoms with Gasteiger partial charge in [-0.2, -0.15) is 5.10 Å². The zero-order valence-electron chi connectivity index (χ0n) is 11.4. The van der Waals surface area contributed by atoms with Crippen LogP contribution in [0.2, 0.25) is 0 Å². The number of halogens is 1. The van der Waals surface area contributed by atoms with Crippen molar-refractivity contribution in [3.8, 4) is 17.0 Å². The van der Waals surface area contributed by atoms with Crippen LogP contribution in [0.5, 0.6) is 5.75 Å². The standard InChI is InChI=1S/C14H15BrN2O3/c1-14(2,3)9-5-7(15)4-8(12(9)18)10-6-11(13(19)20)17-16-10/h4-6,18H,1-3H3,(H,16,17)(H,19,20). The Balaban J connectivity index is 2.62. The summed E-state index contributed by atoms with van der Waals surface area (Å²) in [5, 5.41) is 25.7. The lowest BCUT2D eigenvalue weighted by Crippen LogP contribution is -2.11. The Kier molecular flexibility index (Phi) is 3.60. The molecule has 0 aliphatic carbocycles. The van der Waals surface area contributed by atoms with Gasteiger partial charge in [-0.15, -0.1) is 0 Å². The summed E-state index contributed by atoms with van der Waals surface area (Å²) >= 11 is 3.41. The molecular formula is C14H15BrN2O3. The number of H-pyrrole nitrogens is 1. The normalized spacial score (nSPS) is 11.6. The summed E-state index contributed by atoms with van der Waals surface area (Å²) in [6, 6.07) is 4.96. The quantitative estimate of drug-likeness (QED) is 0.781. The topological polar surface area (TPSA) is 86.2 Å². The van der Waals surface area contributed by atoms with Gasteiger partial charge in [0.05, 0.1) is 5.69 Å². The molecule has 0 amide bonds. The second-order valence-corrected chi connectivity index (χ2v) is 6.49. The third-order valence-electron chi connectivity index (χ3n) is 2.97. The lowest BCUT2D eigenvalue weighted by Gasteiger charge is -2.22. The summed E-state index contributed by atoms with van der Waals surface area (Å²) in [4.78, 5) is 10.9. The lowest BCUT2D eigenvalue weighted by molar-refractivity contribution is 0.0690. The Hall–Kier alpha value is -1.82. The third kappa shape index (κ3) is 2.70. The molecule has 0 fully saturated rings. The maximum absolute atomic E-state index is 10.9. The first-order valence-corrected chi connectivity index (χ1v) is 6.81. The number of rotatable bonds is 2. The van der Waals surface area contributed by atoms with Gasteiger partial charge in [-0.25, -0.2) is 4.79 Å². The van der Waals surface area contributed by atoms with E-state index in [0.29, 0.717) is 11.3 Å². The molecule has 1 aromatic heterocycles. The second-order valence-electron chi connectivity index (χ2n) is 5.57. The summed E-state index contributed by atoms with van der Waals surface area (Å²) in [7, 11) is 0. The predicted molar refractivity (Wildman–Crippen MR) is 79.0 cm³/mol. The van der Waals surface area contributed by atoms with E-state index in [-0.39, 0.29) is 16.9 Å². The van der Waals surface area contributed by atoms with E-state index in [0.717, 1.165) is 10.0 Å². The minimum absolute atomic E-state index is 0.0170. The van der Waals surface area contributed by atoms with Crippen LogP contribution in [-0.2, 0) is 5.41 Å². The van der Waals surface area contributed by atoms with Crippen molar-refractivity contribution in [3.63, 3.8) is 0 Å². The van der Waals surface area contributed by atoms with Gasteiger partial charge in [0.25, 0.3) is 0 Å². The number of hydrogen-bond acceptors (Lipinski definition) is 3. The number of carboxylic acids is 1. The molecule has 3 N–H and O–H groups in total. The maximum Gasteiger partial charge on any atom is 0.353 e. The minimum Gasteiger partial charge on any atom is -0.507 e. The molecule has 0 atom stereocenters. The average molecular weight is 339 g/mol. The van der Waals surface area contributed by atoms with Crippen molar-refractivity contribution in [1.29, 1.82) is 0 Å². The largest absolute Gasteiger partial charge is 0.507 e. The molecule has 0 aliphatic heterocycles. The predicted octanol–water partition coefficient (Wildman–Crippen LogP) is 3.54. The van der Waals surface area contributed by atoms with Crippen LogP contribution in [-0.4, -0.2) is 26.4 Å². The molecule has 0 radical (unpaired) electrons. The van der Waals surface area contributed by atoms with Crippen LogP contribution >= 0.6 is 15.9 Å². The minimum atomic E-state index is -1.09. The average Bonchev–Trinajstić information content (AvgIpc) is 2.79. The molecule has 1 heterocycles. The number of nitrogens with one attached hydrogen (secondary N) is 1. The fraction of sp³-hybridized carbons (Fsp3) is 0.286. The van der Waals surface area contributed by atoms with Crippen molar-refractivity contribution in [3.05, 3.63) is 33.9 Å².